The molecule has 15 heavy (non-hydrogen) atoms. The maximum Gasteiger partial charge on any atom is 0.234 e. The second kappa shape index (κ2) is 5.21. The topological polar surface area (TPSA) is 63.6 Å². The molecule has 0 aliphatic heterocycles. The van der Waals surface area contributed by atoms with Crippen LogP contribution in [0.4, 0.5) is 0 Å². The van der Waals surface area contributed by atoms with Crippen LogP contribution in [0.2, 0.25) is 0 Å². The number of carbonyl (C=O) groups excluding carboxylic acids is 1. The van der Waals surface area contributed by atoms with E-state index < -0.39 is 9.84 Å². The van der Waals surface area contributed by atoms with Crippen LogP contribution in [-0.2, 0) is 14.6 Å². The fourth-order valence-electron chi connectivity index (χ4n) is 0.971. The summed E-state index contributed by atoms with van der Waals surface area (Å²) in [6, 6.07) is 6.31. The van der Waals surface area contributed by atoms with Gasteiger partial charge in [-0.05, 0) is 24.3 Å². The first-order valence-electron chi connectivity index (χ1n) is 4.08. The molecule has 0 aliphatic rings. The highest BCUT2D eigenvalue weighted by molar-refractivity contribution is 9.10. The minimum absolute atomic E-state index is 0.0537. The van der Waals surface area contributed by atoms with Crippen LogP contribution in [0.3, 0.4) is 0 Å². The molecular formula is C9H8BrNO3S. The van der Waals surface area contributed by atoms with E-state index >= 15 is 0 Å². The van der Waals surface area contributed by atoms with Crippen molar-refractivity contribution in [2.75, 3.05) is 12.3 Å². The summed E-state index contributed by atoms with van der Waals surface area (Å²) in [6.07, 6.45) is 1.30. The van der Waals surface area contributed by atoms with Crippen molar-refractivity contribution in [1.82, 2.24) is 0 Å². The zero-order valence-electron chi connectivity index (χ0n) is 7.68. The molecule has 0 heterocycles. The van der Waals surface area contributed by atoms with E-state index in [2.05, 4.69) is 20.9 Å². The molecule has 0 saturated carbocycles. The third-order valence-corrected chi connectivity index (χ3v) is 3.95. The van der Waals surface area contributed by atoms with Gasteiger partial charge in [-0.2, -0.15) is 0 Å². The fourth-order valence-corrected chi connectivity index (χ4v) is 2.35. The molecule has 4 nitrogen and oxygen atoms in total. The van der Waals surface area contributed by atoms with Crippen LogP contribution in [0.5, 0.6) is 0 Å². The number of rotatable bonds is 4. The molecule has 6 heteroatoms. The van der Waals surface area contributed by atoms with Gasteiger partial charge in [0.15, 0.2) is 9.84 Å². The first kappa shape index (κ1) is 12.1. The van der Waals surface area contributed by atoms with Crippen LogP contribution >= 0.6 is 15.9 Å². The van der Waals surface area contributed by atoms with Crippen LogP contribution in [0.1, 0.15) is 0 Å². The highest BCUT2D eigenvalue weighted by atomic mass is 79.9. The maximum atomic E-state index is 11.6. The van der Waals surface area contributed by atoms with Crippen LogP contribution in [-0.4, -0.2) is 26.8 Å². The van der Waals surface area contributed by atoms with Crippen LogP contribution < -0.4 is 0 Å². The van der Waals surface area contributed by atoms with Gasteiger partial charge >= 0.3 is 0 Å². The molecule has 0 spiro atoms. The number of halogens is 1. The average Bonchev–Trinajstić information content (AvgIpc) is 2.18. The molecule has 80 valence electrons. The number of sulfone groups is 1. The third kappa shape index (κ3) is 3.58. The van der Waals surface area contributed by atoms with Crippen molar-refractivity contribution < 1.29 is 13.2 Å². The van der Waals surface area contributed by atoms with E-state index in [1.165, 1.54) is 18.2 Å². The number of aliphatic imine (C=N–C) groups is 1. The van der Waals surface area contributed by atoms with Crippen molar-refractivity contribution in [3.8, 4) is 0 Å². The minimum atomic E-state index is -3.34. The predicted molar refractivity (Wildman–Crippen MR) is 59.2 cm³/mol. The Bertz CT molecular complexity index is 475. The van der Waals surface area contributed by atoms with E-state index in [0.29, 0.717) is 0 Å². The summed E-state index contributed by atoms with van der Waals surface area (Å²) in [5.74, 6) is -0.177. The van der Waals surface area contributed by atoms with Crippen molar-refractivity contribution in [2.45, 2.75) is 4.90 Å². The fraction of sp³-hybridized carbons (Fsp3) is 0.222. The van der Waals surface area contributed by atoms with Gasteiger partial charge in [-0.3, -0.25) is 0 Å². The van der Waals surface area contributed by atoms with Crippen molar-refractivity contribution in [3.63, 3.8) is 0 Å². The first-order chi connectivity index (χ1) is 7.06. The summed E-state index contributed by atoms with van der Waals surface area (Å²) in [5.41, 5.74) is 0. The highest BCUT2D eigenvalue weighted by Gasteiger charge is 2.13. The van der Waals surface area contributed by atoms with E-state index in [1.807, 2.05) is 0 Å². The lowest BCUT2D eigenvalue weighted by Gasteiger charge is -2.01. The Labute approximate surface area is 96.1 Å². The molecule has 0 N–H and O–H groups in total. The summed E-state index contributed by atoms with van der Waals surface area (Å²) >= 11 is 3.21. The molecule has 1 aromatic carbocycles. The number of isocyanates is 1. The van der Waals surface area contributed by atoms with Crippen molar-refractivity contribution in [3.05, 3.63) is 28.7 Å². The molecule has 0 unspecified atom stereocenters. The Morgan fingerprint density at radius 2 is 1.87 bits per heavy atom. The smallest absolute Gasteiger partial charge is 0.224 e. The minimum Gasteiger partial charge on any atom is -0.224 e. The van der Waals surface area contributed by atoms with E-state index in [9.17, 15) is 13.2 Å². The van der Waals surface area contributed by atoms with Crippen LogP contribution in [0, 0.1) is 0 Å². The molecule has 0 amide bonds. The predicted octanol–water partition coefficient (Wildman–Crippen LogP) is 1.56. The Morgan fingerprint density at radius 3 is 2.40 bits per heavy atom. The van der Waals surface area contributed by atoms with E-state index in [-0.39, 0.29) is 17.2 Å². The summed E-state index contributed by atoms with van der Waals surface area (Å²) in [6.45, 7) is -0.0537. The monoisotopic (exact) mass is 289 g/mol. The summed E-state index contributed by atoms with van der Waals surface area (Å²) in [5, 5.41) is 0. The Hall–Kier alpha value is -0.970. The maximum absolute atomic E-state index is 11.6. The molecular weight excluding hydrogens is 282 g/mol. The standard InChI is InChI=1S/C9H8BrNO3S/c10-8-1-3-9(4-2-8)15(13,14)6-5-11-7-12/h1-4H,5-6H2. The quantitative estimate of drug-likeness (QED) is 0.624. The molecule has 1 rings (SSSR count). The van der Waals surface area contributed by atoms with Gasteiger partial charge in [-0.25, -0.2) is 18.2 Å². The summed E-state index contributed by atoms with van der Waals surface area (Å²) in [4.78, 5) is 13.2. The Balaban J connectivity index is 2.86. The van der Waals surface area contributed by atoms with Crippen LogP contribution in [0.15, 0.2) is 38.6 Å². The molecule has 0 atom stereocenters. The van der Waals surface area contributed by atoms with Gasteiger partial charge in [0.25, 0.3) is 0 Å². The lowest BCUT2D eigenvalue weighted by atomic mass is 10.4. The molecule has 0 saturated heterocycles. The number of benzene rings is 1. The van der Waals surface area contributed by atoms with Gasteiger partial charge in [0, 0.05) is 4.47 Å². The number of hydrogen-bond acceptors (Lipinski definition) is 4. The molecule has 1 aromatic rings. The van der Waals surface area contributed by atoms with Crippen LogP contribution in [0.25, 0.3) is 0 Å². The number of hydrogen-bond donors (Lipinski definition) is 0. The molecule has 0 fully saturated rings. The lowest BCUT2D eigenvalue weighted by Crippen LogP contribution is -2.09. The van der Waals surface area contributed by atoms with Gasteiger partial charge in [0.05, 0.1) is 17.2 Å². The lowest BCUT2D eigenvalue weighted by molar-refractivity contribution is 0.563. The van der Waals surface area contributed by atoms with Crippen molar-refractivity contribution in [2.24, 2.45) is 4.99 Å². The average molecular weight is 290 g/mol. The summed E-state index contributed by atoms with van der Waals surface area (Å²) in [7, 11) is -3.34. The van der Waals surface area contributed by atoms with Gasteiger partial charge < -0.3 is 0 Å². The van der Waals surface area contributed by atoms with Crippen molar-refractivity contribution >= 4 is 31.8 Å². The zero-order chi connectivity index (χ0) is 11.3. The number of nitrogens with zero attached hydrogens (tertiary/aromatic N) is 1. The van der Waals surface area contributed by atoms with Crippen molar-refractivity contribution in [1.29, 1.82) is 0 Å². The van der Waals surface area contributed by atoms with Gasteiger partial charge in [-0.15, -0.1) is 0 Å². The van der Waals surface area contributed by atoms with E-state index in [1.54, 1.807) is 12.1 Å². The van der Waals surface area contributed by atoms with Gasteiger partial charge in [0.1, 0.15) is 0 Å². The van der Waals surface area contributed by atoms with E-state index in [4.69, 9.17) is 0 Å². The molecule has 0 aliphatic carbocycles. The Kier molecular flexibility index (Phi) is 4.20. The Morgan fingerprint density at radius 1 is 1.27 bits per heavy atom. The largest absolute Gasteiger partial charge is 0.234 e. The zero-order valence-corrected chi connectivity index (χ0v) is 10.1. The normalized spacial score (nSPS) is 10.7. The highest BCUT2D eigenvalue weighted by Crippen LogP contribution is 2.15. The molecule has 0 radical (unpaired) electrons. The summed E-state index contributed by atoms with van der Waals surface area (Å²) < 4.78 is 24.0. The molecule has 0 bridgehead atoms. The van der Waals surface area contributed by atoms with E-state index in [0.717, 1.165) is 4.47 Å². The van der Waals surface area contributed by atoms with Gasteiger partial charge in [-0.1, -0.05) is 15.9 Å². The SMILES string of the molecule is O=C=NCCS(=O)(=O)c1ccc(Br)cc1. The van der Waals surface area contributed by atoms with Gasteiger partial charge in [0.2, 0.25) is 6.08 Å². The second-order valence-electron chi connectivity index (χ2n) is 2.75. The molecule has 0 aromatic heterocycles. The third-order valence-electron chi connectivity index (χ3n) is 1.71. The first-order valence-corrected chi connectivity index (χ1v) is 6.53. The second-order valence-corrected chi connectivity index (χ2v) is 5.77.